The first-order valence-corrected chi connectivity index (χ1v) is 9.81. The molecular weight excluding hydrogens is 312 g/mol. The summed E-state index contributed by atoms with van der Waals surface area (Å²) in [7, 11) is 0. The second-order valence-corrected chi connectivity index (χ2v) is 8.86. The summed E-state index contributed by atoms with van der Waals surface area (Å²) in [6.45, 7) is 3.73. The highest BCUT2D eigenvalue weighted by Crippen LogP contribution is 2.65. The molecule has 0 heterocycles. The molecule has 4 rings (SSSR count). The molecule has 4 aliphatic rings. The zero-order valence-corrected chi connectivity index (χ0v) is 15.3. The van der Waals surface area contributed by atoms with Crippen LogP contribution >= 0.6 is 0 Å². The van der Waals surface area contributed by atoms with E-state index in [1.54, 1.807) is 0 Å². The number of hydrogen-bond donors (Lipinski definition) is 0. The Hall–Kier alpha value is -1.56. The molecule has 0 aromatic carbocycles. The molecule has 4 aliphatic carbocycles. The van der Waals surface area contributed by atoms with Crippen molar-refractivity contribution >= 4 is 11.8 Å². The third kappa shape index (κ3) is 2.33. The molecular formula is C22H28O3. The minimum atomic E-state index is -0.729. The summed E-state index contributed by atoms with van der Waals surface area (Å²) in [6.07, 6.45) is 15.8. The van der Waals surface area contributed by atoms with E-state index in [2.05, 4.69) is 12.8 Å². The van der Waals surface area contributed by atoms with E-state index in [1.807, 2.05) is 6.08 Å². The van der Waals surface area contributed by atoms with Crippen LogP contribution in [0.5, 0.6) is 0 Å². The van der Waals surface area contributed by atoms with Gasteiger partial charge in [0.1, 0.15) is 0 Å². The van der Waals surface area contributed by atoms with Crippen LogP contribution in [0.1, 0.15) is 65.2 Å². The Bertz CT molecular complexity index is 684. The van der Waals surface area contributed by atoms with Gasteiger partial charge in [0.15, 0.2) is 11.4 Å². The van der Waals surface area contributed by atoms with E-state index < -0.39 is 5.60 Å². The van der Waals surface area contributed by atoms with Crippen LogP contribution in [0.15, 0.2) is 11.6 Å². The highest BCUT2D eigenvalue weighted by Gasteiger charge is 2.64. The molecule has 0 aromatic heterocycles. The monoisotopic (exact) mass is 340 g/mol. The number of ether oxygens (including phenoxy) is 1. The Labute approximate surface area is 150 Å². The predicted octanol–water partition coefficient (Wildman–Crippen LogP) is 4.06. The number of rotatable bonds is 1. The van der Waals surface area contributed by atoms with Crippen LogP contribution in [0.4, 0.5) is 0 Å². The Morgan fingerprint density at radius 2 is 2.00 bits per heavy atom. The minimum Gasteiger partial charge on any atom is -0.445 e. The van der Waals surface area contributed by atoms with E-state index in [0.717, 1.165) is 44.9 Å². The predicted molar refractivity (Wildman–Crippen MR) is 95.4 cm³/mol. The normalized spacial score (nSPS) is 45.5. The summed E-state index contributed by atoms with van der Waals surface area (Å²) in [5.74, 6) is 5.41. The first-order chi connectivity index (χ1) is 11.9. The number of terminal acetylenes is 1. The van der Waals surface area contributed by atoms with Gasteiger partial charge >= 0.3 is 5.97 Å². The molecule has 0 aromatic rings. The van der Waals surface area contributed by atoms with Crippen LogP contribution in [-0.2, 0) is 14.3 Å². The van der Waals surface area contributed by atoms with Gasteiger partial charge in [0.25, 0.3) is 0 Å². The second-order valence-electron chi connectivity index (χ2n) is 8.86. The number of ketones is 1. The maximum atomic E-state index is 11.8. The van der Waals surface area contributed by atoms with Crippen molar-refractivity contribution in [1.29, 1.82) is 0 Å². The third-order valence-electron chi connectivity index (χ3n) is 7.97. The molecule has 0 aliphatic heterocycles. The Balaban J connectivity index is 1.64. The first kappa shape index (κ1) is 16.9. The van der Waals surface area contributed by atoms with Crippen molar-refractivity contribution < 1.29 is 14.3 Å². The summed E-state index contributed by atoms with van der Waals surface area (Å²) < 4.78 is 5.79. The zero-order valence-electron chi connectivity index (χ0n) is 15.3. The summed E-state index contributed by atoms with van der Waals surface area (Å²) in [5, 5.41) is 0. The number of carbonyl (C=O) groups is 2. The lowest BCUT2D eigenvalue weighted by Gasteiger charge is -2.55. The van der Waals surface area contributed by atoms with E-state index in [4.69, 9.17) is 11.2 Å². The van der Waals surface area contributed by atoms with Crippen LogP contribution in [0, 0.1) is 41.4 Å². The van der Waals surface area contributed by atoms with E-state index >= 15 is 0 Å². The molecule has 0 amide bonds. The topological polar surface area (TPSA) is 43.4 Å². The summed E-state index contributed by atoms with van der Waals surface area (Å²) >= 11 is 0. The van der Waals surface area contributed by atoms with Gasteiger partial charge in [-0.05, 0) is 74.7 Å². The van der Waals surface area contributed by atoms with Gasteiger partial charge in [-0.15, -0.1) is 6.42 Å². The van der Waals surface area contributed by atoms with Gasteiger partial charge in [0.05, 0.1) is 0 Å². The molecule has 134 valence electrons. The maximum Gasteiger partial charge on any atom is 0.304 e. The highest BCUT2D eigenvalue weighted by atomic mass is 16.6. The van der Waals surface area contributed by atoms with Crippen molar-refractivity contribution in [3.8, 4) is 12.3 Å². The minimum absolute atomic E-state index is 0.111. The van der Waals surface area contributed by atoms with Crippen LogP contribution in [0.3, 0.4) is 0 Å². The average Bonchev–Trinajstić information content (AvgIpc) is 2.87. The van der Waals surface area contributed by atoms with Gasteiger partial charge in [0.2, 0.25) is 0 Å². The highest BCUT2D eigenvalue weighted by molar-refractivity contribution is 5.91. The molecule has 0 spiro atoms. The SMILES string of the molecule is C#C[C@]1(OC(C)=O)CCC2C3CCC4=CC(=O)CC[C@@H]4C3CC[C@@]21C. The molecule has 3 fully saturated rings. The summed E-state index contributed by atoms with van der Waals surface area (Å²) in [5.41, 5.74) is 0.565. The van der Waals surface area contributed by atoms with E-state index in [0.29, 0.717) is 35.9 Å². The van der Waals surface area contributed by atoms with Crippen molar-refractivity contribution in [2.45, 2.75) is 70.8 Å². The van der Waals surface area contributed by atoms with Crippen molar-refractivity contribution in [3.05, 3.63) is 11.6 Å². The van der Waals surface area contributed by atoms with Gasteiger partial charge in [-0.3, -0.25) is 9.59 Å². The molecule has 3 unspecified atom stereocenters. The molecule has 0 radical (unpaired) electrons. The number of hydrogen-bond acceptors (Lipinski definition) is 3. The molecule has 0 N–H and O–H groups in total. The van der Waals surface area contributed by atoms with E-state index in [1.165, 1.54) is 12.5 Å². The molecule has 3 heteroatoms. The standard InChI is InChI=1S/C22H28O3/c1-4-22(25-14(2)23)12-10-20-19-7-5-15-13-16(24)6-8-17(15)18(19)9-11-21(20,22)3/h1,13,17-20H,5-12H2,2-3H3/t17-,18?,19?,20?,21-,22-/m0/s1. The second kappa shape index (κ2) is 5.73. The lowest BCUT2D eigenvalue weighted by Crippen LogP contribution is -2.53. The fourth-order valence-corrected chi connectivity index (χ4v) is 6.86. The Morgan fingerprint density at radius 1 is 1.20 bits per heavy atom. The van der Waals surface area contributed by atoms with Gasteiger partial charge in [-0.1, -0.05) is 18.4 Å². The molecule has 3 saturated carbocycles. The van der Waals surface area contributed by atoms with Gasteiger partial charge in [0, 0.05) is 18.8 Å². The number of carbonyl (C=O) groups excluding carboxylic acids is 2. The molecule has 3 nitrogen and oxygen atoms in total. The number of esters is 1. The van der Waals surface area contributed by atoms with E-state index in [-0.39, 0.29) is 11.4 Å². The summed E-state index contributed by atoms with van der Waals surface area (Å²) in [4.78, 5) is 23.5. The van der Waals surface area contributed by atoms with Crippen LogP contribution in [0.25, 0.3) is 0 Å². The van der Waals surface area contributed by atoms with Crippen molar-refractivity contribution in [2.75, 3.05) is 0 Å². The summed E-state index contributed by atoms with van der Waals surface area (Å²) in [6, 6.07) is 0. The van der Waals surface area contributed by atoms with Crippen molar-refractivity contribution in [2.24, 2.45) is 29.1 Å². The van der Waals surface area contributed by atoms with Crippen LogP contribution in [-0.4, -0.2) is 17.4 Å². The zero-order chi connectivity index (χ0) is 17.8. The first-order valence-electron chi connectivity index (χ1n) is 9.81. The Kier molecular flexibility index (Phi) is 3.87. The number of allylic oxidation sites excluding steroid dienone is 1. The average molecular weight is 340 g/mol. The van der Waals surface area contributed by atoms with Gasteiger partial charge in [-0.25, -0.2) is 0 Å². The molecule has 0 saturated heterocycles. The van der Waals surface area contributed by atoms with Crippen molar-refractivity contribution in [1.82, 2.24) is 0 Å². The smallest absolute Gasteiger partial charge is 0.304 e. The fourth-order valence-electron chi connectivity index (χ4n) is 6.86. The van der Waals surface area contributed by atoms with Gasteiger partial charge < -0.3 is 4.74 Å². The molecule has 6 atom stereocenters. The van der Waals surface area contributed by atoms with Crippen LogP contribution in [0.2, 0.25) is 0 Å². The lowest BCUT2D eigenvalue weighted by atomic mass is 9.50. The lowest BCUT2D eigenvalue weighted by molar-refractivity contribution is -0.167. The molecule has 25 heavy (non-hydrogen) atoms. The van der Waals surface area contributed by atoms with Gasteiger partial charge in [-0.2, -0.15) is 0 Å². The van der Waals surface area contributed by atoms with Crippen LogP contribution < -0.4 is 0 Å². The Morgan fingerprint density at radius 3 is 2.72 bits per heavy atom. The fraction of sp³-hybridized carbons (Fsp3) is 0.727. The third-order valence-corrected chi connectivity index (χ3v) is 7.97. The molecule has 0 bridgehead atoms. The van der Waals surface area contributed by atoms with Crippen molar-refractivity contribution in [3.63, 3.8) is 0 Å². The largest absolute Gasteiger partial charge is 0.445 e. The van der Waals surface area contributed by atoms with E-state index in [9.17, 15) is 9.59 Å². The maximum absolute atomic E-state index is 11.8. The quantitative estimate of drug-likeness (QED) is 0.534. The number of fused-ring (bicyclic) bond motifs is 5.